The van der Waals surface area contributed by atoms with Crippen LogP contribution < -0.4 is 10.6 Å². The molecule has 0 aliphatic carbocycles. The minimum Gasteiger partial charge on any atom is -0.357 e. The Morgan fingerprint density at radius 1 is 1.29 bits per heavy atom. The summed E-state index contributed by atoms with van der Waals surface area (Å²) in [5.41, 5.74) is 1.14. The van der Waals surface area contributed by atoms with Crippen molar-refractivity contribution < 1.29 is 8.42 Å². The van der Waals surface area contributed by atoms with Crippen LogP contribution in [0, 0.1) is 0 Å². The van der Waals surface area contributed by atoms with E-state index in [2.05, 4.69) is 15.6 Å². The number of halogens is 2. The maximum absolute atomic E-state index is 11.7. The van der Waals surface area contributed by atoms with Crippen molar-refractivity contribution in [2.45, 2.75) is 31.9 Å². The van der Waals surface area contributed by atoms with E-state index in [4.69, 9.17) is 11.6 Å². The molecule has 0 amide bonds. The maximum atomic E-state index is 11.7. The average Bonchev–Trinajstić information content (AvgIpc) is 2.43. The summed E-state index contributed by atoms with van der Waals surface area (Å²) in [5.74, 6) is 0.617. The van der Waals surface area contributed by atoms with Gasteiger partial charge in [-0.15, -0.1) is 24.0 Å². The van der Waals surface area contributed by atoms with Crippen LogP contribution in [0.1, 0.15) is 26.3 Å². The normalized spacial score (nSPS) is 12.5. The van der Waals surface area contributed by atoms with Gasteiger partial charge in [-0.3, -0.25) is 4.99 Å². The van der Waals surface area contributed by atoms with Gasteiger partial charge in [-0.05, 0) is 44.9 Å². The first kappa shape index (κ1) is 23.5. The molecule has 0 heterocycles. The molecular weight excluding hydrogens is 461 g/mol. The van der Waals surface area contributed by atoms with Crippen LogP contribution in [-0.4, -0.2) is 45.0 Å². The standard InChI is InChI=1S/C16H26ClN3O2S.HI/c1-5-18-15(20-12-16(2,3)23(4,21)22)19-10-9-13-7-6-8-14(17)11-13;/h6-8,11H,5,9-10,12H2,1-4H3,(H2,18,19,20);1H. The Bertz CT molecular complexity index is 648. The molecule has 0 bridgehead atoms. The Balaban J connectivity index is 0.00000529. The molecule has 0 aromatic heterocycles. The number of aliphatic imine (C=N–C) groups is 1. The van der Waals surface area contributed by atoms with Gasteiger partial charge in [0.05, 0.1) is 11.3 Å². The average molecular weight is 488 g/mol. The molecule has 24 heavy (non-hydrogen) atoms. The minimum absolute atomic E-state index is 0. The molecule has 1 aromatic carbocycles. The zero-order valence-corrected chi connectivity index (χ0v) is 18.5. The number of nitrogens with zero attached hydrogens (tertiary/aromatic N) is 1. The lowest BCUT2D eigenvalue weighted by Gasteiger charge is -2.21. The molecule has 0 atom stereocenters. The second kappa shape index (κ2) is 10.5. The van der Waals surface area contributed by atoms with E-state index in [0.29, 0.717) is 19.0 Å². The van der Waals surface area contributed by atoms with E-state index in [-0.39, 0.29) is 30.5 Å². The lowest BCUT2D eigenvalue weighted by molar-refractivity contribution is 0.554. The summed E-state index contributed by atoms with van der Waals surface area (Å²) in [4.78, 5) is 4.39. The molecule has 138 valence electrons. The summed E-state index contributed by atoms with van der Waals surface area (Å²) in [5, 5.41) is 7.06. The third-order valence-corrected chi connectivity index (χ3v) is 5.93. The molecule has 0 saturated carbocycles. The molecule has 0 unspecified atom stereocenters. The van der Waals surface area contributed by atoms with Gasteiger partial charge in [0, 0.05) is 24.4 Å². The van der Waals surface area contributed by atoms with Crippen molar-refractivity contribution in [3.8, 4) is 0 Å². The quantitative estimate of drug-likeness (QED) is 0.352. The molecule has 1 rings (SSSR count). The third kappa shape index (κ3) is 8.02. The molecule has 0 fully saturated rings. The van der Waals surface area contributed by atoms with E-state index in [1.165, 1.54) is 6.26 Å². The van der Waals surface area contributed by atoms with Crippen LogP contribution in [0.15, 0.2) is 29.3 Å². The van der Waals surface area contributed by atoms with E-state index < -0.39 is 14.6 Å². The molecule has 1 aromatic rings. The van der Waals surface area contributed by atoms with Crippen LogP contribution in [0.5, 0.6) is 0 Å². The highest BCUT2D eigenvalue weighted by Crippen LogP contribution is 2.15. The van der Waals surface area contributed by atoms with Crippen LogP contribution in [-0.2, 0) is 16.3 Å². The number of guanidine groups is 1. The van der Waals surface area contributed by atoms with Crippen molar-refractivity contribution in [3.05, 3.63) is 34.9 Å². The number of hydrogen-bond donors (Lipinski definition) is 2. The van der Waals surface area contributed by atoms with E-state index in [9.17, 15) is 8.42 Å². The fourth-order valence-electron chi connectivity index (χ4n) is 1.75. The minimum atomic E-state index is -3.16. The lowest BCUT2D eigenvalue weighted by Crippen LogP contribution is -2.41. The third-order valence-electron chi connectivity index (χ3n) is 3.56. The zero-order chi connectivity index (χ0) is 17.5. The van der Waals surface area contributed by atoms with E-state index >= 15 is 0 Å². The Kier molecular flexibility index (Phi) is 10.2. The lowest BCUT2D eigenvalue weighted by atomic mass is 10.1. The van der Waals surface area contributed by atoms with Gasteiger partial charge in [0.25, 0.3) is 0 Å². The van der Waals surface area contributed by atoms with Gasteiger partial charge >= 0.3 is 0 Å². The van der Waals surface area contributed by atoms with Crippen molar-refractivity contribution in [2.24, 2.45) is 4.99 Å². The number of sulfone groups is 1. The molecule has 0 aliphatic rings. The summed E-state index contributed by atoms with van der Waals surface area (Å²) < 4.78 is 22.6. The largest absolute Gasteiger partial charge is 0.357 e. The van der Waals surface area contributed by atoms with E-state index in [1.54, 1.807) is 13.8 Å². The summed E-state index contributed by atoms with van der Waals surface area (Å²) in [7, 11) is -3.16. The summed E-state index contributed by atoms with van der Waals surface area (Å²) >= 11 is 5.97. The van der Waals surface area contributed by atoms with Crippen molar-refractivity contribution in [3.63, 3.8) is 0 Å². The number of hydrogen-bond acceptors (Lipinski definition) is 3. The maximum Gasteiger partial charge on any atom is 0.191 e. The van der Waals surface area contributed by atoms with E-state index in [0.717, 1.165) is 17.0 Å². The predicted molar refractivity (Wildman–Crippen MR) is 113 cm³/mol. The Hall–Kier alpha value is -0.540. The zero-order valence-electron chi connectivity index (χ0n) is 14.6. The van der Waals surface area contributed by atoms with Gasteiger partial charge in [-0.25, -0.2) is 8.42 Å². The van der Waals surface area contributed by atoms with Gasteiger partial charge in [0.2, 0.25) is 0 Å². The highest BCUT2D eigenvalue weighted by Gasteiger charge is 2.29. The first-order valence-electron chi connectivity index (χ1n) is 7.62. The fraction of sp³-hybridized carbons (Fsp3) is 0.562. The Labute approximate surface area is 167 Å². The molecular formula is C16H27ClIN3O2S. The fourth-order valence-corrected chi connectivity index (χ4v) is 2.26. The van der Waals surface area contributed by atoms with Gasteiger partial charge < -0.3 is 10.6 Å². The van der Waals surface area contributed by atoms with Gasteiger partial charge in [0.15, 0.2) is 15.8 Å². The monoisotopic (exact) mass is 487 g/mol. The first-order valence-corrected chi connectivity index (χ1v) is 9.89. The van der Waals surface area contributed by atoms with Crippen LogP contribution in [0.4, 0.5) is 0 Å². The van der Waals surface area contributed by atoms with Crippen LogP contribution in [0.2, 0.25) is 5.02 Å². The molecule has 8 heteroatoms. The topological polar surface area (TPSA) is 70.6 Å². The highest BCUT2D eigenvalue weighted by molar-refractivity contribution is 14.0. The van der Waals surface area contributed by atoms with Crippen LogP contribution in [0.3, 0.4) is 0 Å². The summed E-state index contributed by atoms with van der Waals surface area (Å²) in [6.45, 7) is 6.94. The first-order chi connectivity index (χ1) is 10.7. The van der Waals surface area contributed by atoms with Gasteiger partial charge in [-0.1, -0.05) is 23.7 Å². The van der Waals surface area contributed by atoms with Crippen molar-refractivity contribution in [1.29, 1.82) is 0 Å². The molecule has 0 aliphatic heterocycles. The Morgan fingerprint density at radius 3 is 2.50 bits per heavy atom. The molecule has 0 radical (unpaired) electrons. The van der Waals surface area contributed by atoms with Gasteiger partial charge in [0.1, 0.15) is 0 Å². The van der Waals surface area contributed by atoms with Crippen LogP contribution >= 0.6 is 35.6 Å². The van der Waals surface area contributed by atoms with Crippen LogP contribution in [0.25, 0.3) is 0 Å². The SMILES string of the molecule is CCNC(=NCC(C)(C)S(C)(=O)=O)NCCc1cccc(Cl)c1.I. The van der Waals surface area contributed by atoms with Gasteiger partial charge in [-0.2, -0.15) is 0 Å². The highest BCUT2D eigenvalue weighted by atomic mass is 127. The predicted octanol–water partition coefficient (Wildman–Crippen LogP) is 2.88. The molecule has 5 nitrogen and oxygen atoms in total. The Morgan fingerprint density at radius 2 is 1.96 bits per heavy atom. The number of nitrogens with one attached hydrogen (secondary N) is 2. The van der Waals surface area contributed by atoms with Crippen molar-refractivity contribution in [2.75, 3.05) is 25.9 Å². The smallest absolute Gasteiger partial charge is 0.191 e. The summed E-state index contributed by atoms with van der Waals surface area (Å²) in [6, 6.07) is 7.72. The summed E-state index contributed by atoms with van der Waals surface area (Å²) in [6.07, 6.45) is 2.04. The van der Waals surface area contributed by atoms with Crippen molar-refractivity contribution in [1.82, 2.24) is 10.6 Å². The molecule has 0 saturated heterocycles. The number of rotatable bonds is 7. The number of benzene rings is 1. The second-order valence-electron chi connectivity index (χ2n) is 6.03. The molecule has 2 N–H and O–H groups in total. The second-order valence-corrected chi connectivity index (χ2v) is 9.12. The van der Waals surface area contributed by atoms with Crippen molar-refractivity contribution >= 4 is 51.4 Å². The van der Waals surface area contributed by atoms with E-state index in [1.807, 2.05) is 31.2 Å². The molecule has 0 spiro atoms.